The van der Waals surface area contributed by atoms with E-state index in [0.29, 0.717) is 34.4 Å². The zero-order valence-electron chi connectivity index (χ0n) is 16.1. The second-order valence-corrected chi connectivity index (χ2v) is 8.86. The number of amides is 1. The Morgan fingerprint density at radius 1 is 1.14 bits per heavy atom. The lowest BCUT2D eigenvalue weighted by Crippen LogP contribution is -2.44. The van der Waals surface area contributed by atoms with Crippen molar-refractivity contribution in [3.05, 3.63) is 30.1 Å². The molecule has 150 valence electrons. The van der Waals surface area contributed by atoms with Crippen LogP contribution in [-0.4, -0.2) is 43.5 Å². The largest absolute Gasteiger partial charge is 0.336 e. The van der Waals surface area contributed by atoms with Crippen molar-refractivity contribution in [2.75, 3.05) is 11.6 Å². The molecule has 0 aliphatic heterocycles. The molecule has 2 aromatic rings. The number of hydrogen-bond acceptors (Lipinski definition) is 5. The number of benzene rings is 1. The van der Waals surface area contributed by atoms with E-state index in [4.69, 9.17) is 5.84 Å². The zero-order valence-corrected chi connectivity index (χ0v) is 16.9. The second-order valence-electron chi connectivity index (χ2n) is 7.92. The smallest absolute Gasteiger partial charge is 0.233 e. The maximum Gasteiger partial charge on any atom is 0.233 e. The Kier molecular flexibility index (Phi) is 5.57. The van der Waals surface area contributed by atoms with Crippen molar-refractivity contribution in [2.24, 2.45) is 5.92 Å². The van der Waals surface area contributed by atoms with Crippen LogP contribution in [0.1, 0.15) is 45.4 Å². The Morgan fingerprint density at radius 2 is 1.75 bits per heavy atom. The molecule has 6 nitrogen and oxygen atoms in total. The van der Waals surface area contributed by atoms with Gasteiger partial charge in [0.05, 0.1) is 5.75 Å². The van der Waals surface area contributed by atoms with Gasteiger partial charge in [0.1, 0.15) is 5.82 Å². The molecule has 2 fully saturated rings. The van der Waals surface area contributed by atoms with Gasteiger partial charge in [-0.1, -0.05) is 18.7 Å². The van der Waals surface area contributed by atoms with Crippen molar-refractivity contribution in [1.29, 1.82) is 0 Å². The van der Waals surface area contributed by atoms with E-state index in [0.717, 1.165) is 31.6 Å². The van der Waals surface area contributed by atoms with Crippen LogP contribution in [0.25, 0.3) is 11.4 Å². The number of thioether (sulfide) groups is 1. The number of nitrogens with zero attached hydrogens (tertiary/aromatic N) is 4. The second kappa shape index (κ2) is 8.11. The number of nitrogens with two attached hydrogens (primary N) is 1. The van der Waals surface area contributed by atoms with Gasteiger partial charge in [-0.25, -0.2) is 9.07 Å². The van der Waals surface area contributed by atoms with E-state index in [-0.39, 0.29) is 11.7 Å². The molecule has 2 aliphatic rings. The summed E-state index contributed by atoms with van der Waals surface area (Å²) in [5, 5.41) is 8.71. The summed E-state index contributed by atoms with van der Waals surface area (Å²) >= 11 is 1.31. The van der Waals surface area contributed by atoms with Gasteiger partial charge in [0.2, 0.25) is 11.1 Å². The summed E-state index contributed by atoms with van der Waals surface area (Å²) < 4.78 is 14.5. The van der Waals surface area contributed by atoms with E-state index in [9.17, 15) is 9.18 Å². The quantitative estimate of drug-likeness (QED) is 0.590. The average Bonchev–Trinajstić information content (AvgIpc) is 3.45. The Morgan fingerprint density at radius 3 is 2.36 bits per heavy atom. The summed E-state index contributed by atoms with van der Waals surface area (Å²) in [4.78, 5) is 15.1. The first kappa shape index (κ1) is 19.2. The number of nitrogen functional groups attached to an aromatic ring is 1. The number of aromatic nitrogens is 3. The molecule has 1 heterocycles. The van der Waals surface area contributed by atoms with Gasteiger partial charge < -0.3 is 10.7 Å². The van der Waals surface area contributed by atoms with Crippen LogP contribution in [-0.2, 0) is 4.79 Å². The van der Waals surface area contributed by atoms with E-state index in [1.807, 2.05) is 0 Å². The fourth-order valence-electron chi connectivity index (χ4n) is 3.95. The fraction of sp³-hybridized carbons (Fsp3) is 0.550. The molecule has 28 heavy (non-hydrogen) atoms. The third-order valence-electron chi connectivity index (χ3n) is 5.70. The normalized spacial score (nSPS) is 22.2. The Labute approximate surface area is 168 Å². The van der Waals surface area contributed by atoms with Crippen molar-refractivity contribution in [1.82, 2.24) is 19.8 Å². The van der Waals surface area contributed by atoms with Crippen LogP contribution < -0.4 is 5.84 Å². The number of hydrogen-bond donors (Lipinski definition) is 1. The topological polar surface area (TPSA) is 77.0 Å². The first-order valence-corrected chi connectivity index (χ1v) is 10.9. The van der Waals surface area contributed by atoms with E-state index in [1.54, 1.807) is 12.1 Å². The molecule has 0 atom stereocenters. The van der Waals surface area contributed by atoms with Crippen LogP contribution in [0, 0.1) is 11.7 Å². The van der Waals surface area contributed by atoms with Crippen molar-refractivity contribution in [3.63, 3.8) is 0 Å². The van der Waals surface area contributed by atoms with Crippen molar-refractivity contribution in [3.8, 4) is 11.4 Å². The molecular formula is C20H26FN5OS. The lowest BCUT2D eigenvalue weighted by molar-refractivity contribution is -0.132. The summed E-state index contributed by atoms with van der Waals surface area (Å²) in [6.07, 6.45) is 6.85. The fourth-order valence-corrected chi connectivity index (χ4v) is 4.68. The summed E-state index contributed by atoms with van der Waals surface area (Å²) in [5.41, 5.74) is 0.686. The minimum Gasteiger partial charge on any atom is -0.336 e. The molecule has 1 aromatic heterocycles. The molecule has 8 heteroatoms. The number of halogens is 1. The van der Waals surface area contributed by atoms with Crippen LogP contribution in [0.15, 0.2) is 29.4 Å². The van der Waals surface area contributed by atoms with Gasteiger partial charge >= 0.3 is 0 Å². The van der Waals surface area contributed by atoms with Gasteiger partial charge in [-0.2, -0.15) is 0 Å². The first-order valence-electron chi connectivity index (χ1n) is 9.93. The molecule has 2 saturated carbocycles. The average molecular weight is 404 g/mol. The third-order valence-corrected chi connectivity index (χ3v) is 6.63. The lowest BCUT2D eigenvalue weighted by atomic mass is 9.86. The van der Waals surface area contributed by atoms with Crippen molar-refractivity contribution in [2.45, 2.75) is 62.7 Å². The predicted octanol–water partition coefficient (Wildman–Crippen LogP) is 3.46. The summed E-state index contributed by atoms with van der Waals surface area (Å²) in [6.45, 7) is 2.29. The lowest BCUT2D eigenvalue weighted by Gasteiger charge is -2.36. The zero-order chi connectivity index (χ0) is 19.7. The summed E-state index contributed by atoms with van der Waals surface area (Å²) in [6, 6.07) is 6.74. The summed E-state index contributed by atoms with van der Waals surface area (Å²) in [5.74, 6) is 7.49. The van der Waals surface area contributed by atoms with Gasteiger partial charge in [0, 0.05) is 17.6 Å². The molecule has 0 bridgehead atoms. The Bertz CT molecular complexity index is 828. The first-order chi connectivity index (χ1) is 13.5. The van der Waals surface area contributed by atoms with E-state index in [2.05, 4.69) is 22.0 Å². The molecule has 1 amide bonds. The highest BCUT2D eigenvalue weighted by Crippen LogP contribution is 2.36. The monoisotopic (exact) mass is 403 g/mol. The highest BCUT2D eigenvalue weighted by Gasteiger charge is 2.38. The summed E-state index contributed by atoms with van der Waals surface area (Å²) in [7, 11) is 0. The van der Waals surface area contributed by atoms with Crippen LogP contribution >= 0.6 is 11.8 Å². The molecule has 2 N–H and O–H groups in total. The van der Waals surface area contributed by atoms with Gasteiger partial charge in [-0.05, 0) is 68.7 Å². The standard InChI is InChI=1S/C20H26FN5OS/c1-13-2-8-16(9-3-13)25(17-10-11-17)18(27)12-28-20-24-23-19(26(20)22)14-4-6-15(21)7-5-14/h4-7,13,16-17H,2-3,8-12,22H2,1H3. The number of rotatable bonds is 6. The predicted molar refractivity (Wildman–Crippen MR) is 108 cm³/mol. The molecule has 0 radical (unpaired) electrons. The van der Waals surface area contributed by atoms with Crippen LogP contribution in [0.4, 0.5) is 4.39 Å². The van der Waals surface area contributed by atoms with E-state index < -0.39 is 0 Å². The van der Waals surface area contributed by atoms with E-state index in [1.165, 1.54) is 41.4 Å². The number of carbonyl (C=O) groups excluding carboxylic acids is 1. The highest BCUT2D eigenvalue weighted by molar-refractivity contribution is 7.99. The van der Waals surface area contributed by atoms with Crippen LogP contribution in [0.2, 0.25) is 0 Å². The molecule has 0 spiro atoms. The minimum absolute atomic E-state index is 0.165. The molecule has 0 unspecified atom stereocenters. The minimum atomic E-state index is -0.315. The Hall–Kier alpha value is -2.09. The van der Waals surface area contributed by atoms with Crippen molar-refractivity contribution < 1.29 is 9.18 Å². The van der Waals surface area contributed by atoms with Gasteiger partial charge in [-0.3, -0.25) is 4.79 Å². The van der Waals surface area contributed by atoms with Gasteiger partial charge in [-0.15, -0.1) is 10.2 Å². The molecule has 1 aromatic carbocycles. The van der Waals surface area contributed by atoms with Crippen LogP contribution in [0.3, 0.4) is 0 Å². The molecule has 0 saturated heterocycles. The Balaban J connectivity index is 1.41. The third kappa shape index (κ3) is 4.16. The molecule has 2 aliphatic carbocycles. The molecular weight excluding hydrogens is 377 g/mol. The van der Waals surface area contributed by atoms with Crippen molar-refractivity contribution >= 4 is 17.7 Å². The highest BCUT2D eigenvalue weighted by atomic mass is 32.2. The molecule has 4 rings (SSSR count). The maximum absolute atomic E-state index is 13.1. The van der Waals surface area contributed by atoms with Gasteiger partial charge in [0.15, 0.2) is 5.82 Å². The van der Waals surface area contributed by atoms with Gasteiger partial charge in [0.25, 0.3) is 0 Å². The van der Waals surface area contributed by atoms with Crippen LogP contribution in [0.5, 0.6) is 0 Å². The maximum atomic E-state index is 13.1. The number of carbonyl (C=O) groups is 1. The SMILES string of the molecule is CC1CCC(N(C(=O)CSc2nnc(-c3ccc(F)cc3)n2N)C2CC2)CC1. The van der Waals surface area contributed by atoms with E-state index >= 15 is 0 Å².